The van der Waals surface area contributed by atoms with Crippen molar-refractivity contribution in [3.63, 3.8) is 0 Å². The molecule has 0 bridgehead atoms. The van der Waals surface area contributed by atoms with Gasteiger partial charge in [-0.05, 0) is 45.4 Å². The van der Waals surface area contributed by atoms with E-state index in [0.717, 1.165) is 42.3 Å². The lowest BCUT2D eigenvalue weighted by atomic mass is 10.1. The Labute approximate surface area is 154 Å². The maximum absolute atomic E-state index is 12.5. The van der Waals surface area contributed by atoms with Crippen LogP contribution in [-0.2, 0) is 16.1 Å². The minimum absolute atomic E-state index is 0.0111. The van der Waals surface area contributed by atoms with Crippen molar-refractivity contribution in [3.8, 4) is 0 Å². The lowest BCUT2D eigenvalue weighted by Crippen LogP contribution is -2.45. The number of nitrogens with one attached hydrogen (secondary N) is 2. The first-order valence-electron chi connectivity index (χ1n) is 9.62. The van der Waals surface area contributed by atoms with Crippen molar-refractivity contribution >= 4 is 11.8 Å². The van der Waals surface area contributed by atoms with Crippen LogP contribution in [0.2, 0.25) is 0 Å². The van der Waals surface area contributed by atoms with Crippen molar-refractivity contribution in [3.05, 3.63) is 17.0 Å². The molecule has 7 nitrogen and oxygen atoms in total. The van der Waals surface area contributed by atoms with E-state index < -0.39 is 0 Å². The molecule has 1 aromatic heterocycles. The molecule has 26 heavy (non-hydrogen) atoms. The van der Waals surface area contributed by atoms with Gasteiger partial charge in [0, 0.05) is 50.6 Å². The predicted molar refractivity (Wildman–Crippen MR) is 97.4 cm³/mol. The number of nitrogens with zero attached hydrogens (tertiary/aromatic N) is 2. The van der Waals surface area contributed by atoms with E-state index >= 15 is 0 Å². The highest BCUT2D eigenvalue weighted by Crippen LogP contribution is 2.35. The maximum Gasteiger partial charge on any atom is 0.221 e. The molecule has 1 aliphatic carbocycles. The molecule has 1 saturated carbocycles. The van der Waals surface area contributed by atoms with E-state index in [9.17, 15) is 9.59 Å². The van der Waals surface area contributed by atoms with E-state index in [1.165, 1.54) is 12.8 Å². The zero-order valence-corrected chi connectivity index (χ0v) is 16.0. The molecule has 3 rings (SSSR count). The monoisotopic (exact) mass is 362 g/mol. The fourth-order valence-corrected chi connectivity index (χ4v) is 3.84. The summed E-state index contributed by atoms with van der Waals surface area (Å²) in [4.78, 5) is 26.2. The number of aromatic nitrogens is 1. The normalized spacial score (nSPS) is 23.2. The average Bonchev–Trinajstić information content (AvgIpc) is 3.25. The Hall–Kier alpha value is -1.89. The van der Waals surface area contributed by atoms with Gasteiger partial charge in [0.05, 0.1) is 5.69 Å². The Kier molecular flexibility index (Phi) is 5.96. The Morgan fingerprint density at radius 1 is 1.15 bits per heavy atom. The zero-order valence-electron chi connectivity index (χ0n) is 16.0. The fraction of sp³-hybridized carbons (Fsp3) is 0.737. The third-order valence-corrected chi connectivity index (χ3v) is 5.59. The number of carbonyl (C=O) groups is 2. The SMILES string of the molecule is CC(=O)NC[C@H]1CC[C@@H](CC(=O)NCc2c(C)noc2C)N1CC1CC1. The Balaban J connectivity index is 1.53. The number of hydrogen-bond donors (Lipinski definition) is 2. The molecule has 1 saturated heterocycles. The van der Waals surface area contributed by atoms with Crippen LogP contribution in [-0.4, -0.2) is 47.0 Å². The van der Waals surface area contributed by atoms with Gasteiger partial charge in [0.15, 0.2) is 0 Å². The summed E-state index contributed by atoms with van der Waals surface area (Å²) in [6, 6.07) is 0.610. The predicted octanol–water partition coefficient (Wildman–Crippen LogP) is 1.68. The molecule has 1 aromatic rings. The van der Waals surface area contributed by atoms with Gasteiger partial charge in [0.2, 0.25) is 11.8 Å². The first-order valence-corrected chi connectivity index (χ1v) is 9.62. The van der Waals surface area contributed by atoms with Crippen LogP contribution in [0.15, 0.2) is 4.52 Å². The Morgan fingerprint density at radius 3 is 2.50 bits per heavy atom. The molecule has 7 heteroatoms. The van der Waals surface area contributed by atoms with E-state index in [1.807, 2.05) is 13.8 Å². The smallest absolute Gasteiger partial charge is 0.221 e. The van der Waals surface area contributed by atoms with Crippen LogP contribution in [0.1, 0.15) is 56.0 Å². The molecule has 1 aliphatic heterocycles. The van der Waals surface area contributed by atoms with Crippen LogP contribution in [0.5, 0.6) is 0 Å². The highest BCUT2D eigenvalue weighted by atomic mass is 16.5. The molecule has 2 heterocycles. The molecule has 0 spiro atoms. The van der Waals surface area contributed by atoms with Crippen molar-refractivity contribution in [2.75, 3.05) is 13.1 Å². The van der Waals surface area contributed by atoms with Gasteiger partial charge in [-0.1, -0.05) is 5.16 Å². The zero-order chi connectivity index (χ0) is 18.7. The summed E-state index contributed by atoms with van der Waals surface area (Å²) < 4.78 is 5.15. The van der Waals surface area contributed by atoms with Crippen molar-refractivity contribution in [1.29, 1.82) is 0 Å². The van der Waals surface area contributed by atoms with Crippen LogP contribution < -0.4 is 10.6 Å². The summed E-state index contributed by atoms with van der Waals surface area (Å²) >= 11 is 0. The topological polar surface area (TPSA) is 87.5 Å². The van der Waals surface area contributed by atoms with Crippen molar-refractivity contribution in [2.24, 2.45) is 5.92 Å². The van der Waals surface area contributed by atoms with Gasteiger partial charge in [-0.15, -0.1) is 0 Å². The number of rotatable bonds is 8. The van der Waals surface area contributed by atoms with Gasteiger partial charge in [-0.2, -0.15) is 0 Å². The first-order chi connectivity index (χ1) is 12.4. The number of likely N-dealkylation sites (tertiary alicyclic amines) is 1. The van der Waals surface area contributed by atoms with E-state index in [2.05, 4.69) is 20.7 Å². The molecule has 2 amide bonds. The summed E-state index contributed by atoms with van der Waals surface area (Å²) in [6.07, 6.45) is 5.12. The van der Waals surface area contributed by atoms with E-state index in [1.54, 1.807) is 6.92 Å². The molecule has 0 unspecified atom stereocenters. The van der Waals surface area contributed by atoms with Gasteiger partial charge in [0.25, 0.3) is 0 Å². The standard InChI is InChI=1S/C19H30N4O3/c1-12-18(13(2)26-22-12)10-21-19(25)8-16-6-7-17(9-20-14(3)24)23(16)11-15-4-5-15/h15-17H,4-11H2,1-3H3,(H,20,24)(H,21,25)/t16-,17+/m0/s1. The number of aryl methyl sites for hydroxylation is 2. The average molecular weight is 362 g/mol. The van der Waals surface area contributed by atoms with Crippen LogP contribution in [0.3, 0.4) is 0 Å². The quantitative estimate of drug-likeness (QED) is 0.735. The van der Waals surface area contributed by atoms with Gasteiger partial charge < -0.3 is 15.2 Å². The number of carbonyl (C=O) groups excluding carboxylic acids is 2. The molecule has 2 aliphatic rings. The largest absolute Gasteiger partial charge is 0.361 e. The summed E-state index contributed by atoms with van der Waals surface area (Å²) in [5, 5.41) is 9.88. The Morgan fingerprint density at radius 2 is 1.88 bits per heavy atom. The molecule has 2 atom stereocenters. The minimum Gasteiger partial charge on any atom is -0.361 e. The highest BCUT2D eigenvalue weighted by Gasteiger charge is 2.37. The fourth-order valence-electron chi connectivity index (χ4n) is 3.84. The third-order valence-electron chi connectivity index (χ3n) is 5.59. The summed E-state index contributed by atoms with van der Waals surface area (Å²) in [5.74, 6) is 1.60. The molecule has 0 aromatic carbocycles. The molecular formula is C19H30N4O3. The van der Waals surface area contributed by atoms with Crippen LogP contribution in [0.25, 0.3) is 0 Å². The minimum atomic E-state index is 0.0111. The Bertz CT molecular complexity index is 634. The maximum atomic E-state index is 12.5. The summed E-state index contributed by atoms with van der Waals surface area (Å²) in [6.45, 7) is 7.50. The molecular weight excluding hydrogens is 332 g/mol. The number of amides is 2. The van der Waals surface area contributed by atoms with Crippen molar-refractivity contribution < 1.29 is 14.1 Å². The van der Waals surface area contributed by atoms with E-state index in [0.29, 0.717) is 25.6 Å². The van der Waals surface area contributed by atoms with Crippen LogP contribution in [0.4, 0.5) is 0 Å². The highest BCUT2D eigenvalue weighted by molar-refractivity contribution is 5.76. The van der Waals surface area contributed by atoms with Crippen molar-refractivity contribution in [2.45, 2.75) is 71.5 Å². The lowest BCUT2D eigenvalue weighted by Gasteiger charge is -2.30. The molecule has 2 N–H and O–H groups in total. The second-order valence-electron chi connectivity index (χ2n) is 7.75. The van der Waals surface area contributed by atoms with Crippen LogP contribution >= 0.6 is 0 Å². The second-order valence-corrected chi connectivity index (χ2v) is 7.75. The van der Waals surface area contributed by atoms with Gasteiger partial charge in [-0.3, -0.25) is 14.5 Å². The first kappa shape index (κ1) is 18.9. The van der Waals surface area contributed by atoms with Crippen molar-refractivity contribution in [1.82, 2.24) is 20.7 Å². The molecule has 0 radical (unpaired) electrons. The van der Waals surface area contributed by atoms with Gasteiger partial charge in [-0.25, -0.2) is 0 Å². The van der Waals surface area contributed by atoms with Gasteiger partial charge in [0.1, 0.15) is 5.76 Å². The number of hydrogen-bond acceptors (Lipinski definition) is 5. The lowest BCUT2D eigenvalue weighted by molar-refractivity contribution is -0.122. The van der Waals surface area contributed by atoms with E-state index in [4.69, 9.17) is 4.52 Å². The molecule has 144 valence electrons. The molecule has 2 fully saturated rings. The second kappa shape index (κ2) is 8.20. The van der Waals surface area contributed by atoms with Gasteiger partial charge >= 0.3 is 0 Å². The third kappa shape index (κ3) is 4.84. The summed E-state index contributed by atoms with van der Waals surface area (Å²) in [5.41, 5.74) is 1.79. The summed E-state index contributed by atoms with van der Waals surface area (Å²) in [7, 11) is 0. The van der Waals surface area contributed by atoms with Crippen LogP contribution in [0, 0.1) is 19.8 Å². The van der Waals surface area contributed by atoms with E-state index in [-0.39, 0.29) is 17.9 Å².